The first-order valence-electron chi connectivity index (χ1n) is 6.89. The Kier molecular flexibility index (Phi) is 4.78. The number of hydrogen-bond acceptors (Lipinski definition) is 1. The lowest BCUT2D eigenvalue weighted by Crippen LogP contribution is -2.12. The highest BCUT2D eigenvalue weighted by atomic mass is 14.9. The largest absolute Gasteiger partial charge is 0.355 e. The average Bonchev–Trinajstić information content (AvgIpc) is 2.39. The third kappa shape index (κ3) is 4.13. The summed E-state index contributed by atoms with van der Waals surface area (Å²) in [6.45, 7) is 6.32. The van der Waals surface area contributed by atoms with Gasteiger partial charge in [0.25, 0.3) is 0 Å². The van der Waals surface area contributed by atoms with Crippen molar-refractivity contribution in [2.45, 2.75) is 20.8 Å². The Bertz CT molecular complexity index is 614. The van der Waals surface area contributed by atoms with Crippen molar-refractivity contribution in [2.24, 2.45) is 0 Å². The Hall–Kier alpha value is -2.28. The topological polar surface area (TPSA) is 12.0 Å². The molecular weight excluding hydrogens is 242 g/mol. The maximum atomic E-state index is 3.48. The first-order chi connectivity index (χ1) is 9.65. The molecule has 20 heavy (non-hydrogen) atoms. The maximum absolute atomic E-state index is 3.48. The zero-order valence-electron chi connectivity index (χ0n) is 12.4. The molecule has 0 heterocycles. The van der Waals surface area contributed by atoms with E-state index < -0.39 is 0 Å². The van der Waals surface area contributed by atoms with Crippen molar-refractivity contribution in [3.63, 3.8) is 0 Å². The van der Waals surface area contributed by atoms with Crippen LogP contribution in [-0.4, -0.2) is 0 Å². The van der Waals surface area contributed by atoms with Gasteiger partial charge in [-0.1, -0.05) is 59.8 Å². The summed E-state index contributed by atoms with van der Waals surface area (Å²) in [6.07, 6.45) is 23.1. The van der Waals surface area contributed by atoms with Crippen molar-refractivity contribution < 1.29 is 0 Å². The van der Waals surface area contributed by atoms with Gasteiger partial charge in [0.15, 0.2) is 0 Å². The van der Waals surface area contributed by atoms with Crippen LogP contribution in [0.2, 0.25) is 0 Å². The van der Waals surface area contributed by atoms with E-state index in [1.165, 1.54) is 16.7 Å². The quantitative estimate of drug-likeness (QED) is 0.748. The summed E-state index contributed by atoms with van der Waals surface area (Å²) in [7, 11) is 0. The van der Waals surface area contributed by atoms with E-state index in [-0.39, 0.29) is 0 Å². The summed E-state index contributed by atoms with van der Waals surface area (Å²) in [5.74, 6) is 0. The van der Waals surface area contributed by atoms with Crippen molar-refractivity contribution in [3.8, 4) is 0 Å². The molecule has 0 aliphatic heterocycles. The Morgan fingerprint density at radius 1 is 0.650 bits per heavy atom. The molecule has 2 aliphatic carbocycles. The highest BCUT2D eigenvalue weighted by molar-refractivity contribution is 5.43. The lowest BCUT2D eigenvalue weighted by molar-refractivity contribution is 1.01. The fourth-order valence-electron chi connectivity index (χ4n) is 1.93. The highest BCUT2D eigenvalue weighted by Crippen LogP contribution is 2.14. The normalized spacial score (nSPS) is 36.5. The number of hydrogen-bond donors (Lipinski definition) is 1. The molecule has 2 rings (SSSR count). The summed E-state index contributed by atoms with van der Waals surface area (Å²) in [5, 5.41) is 3.48. The second-order valence-corrected chi connectivity index (χ2v) is 5.08. The first kappa shape index (κ1) is 14.1. The fourth-order valence-corrected chi connectivity index (χ4v) is 1.93. The molecule has 2 aliphatic rings. The maximum Gasteiger partial charge on any atom is 0.0413 e. The predicted octanol–water partition coefficient (Wildman–Crippen LogP) is 4.88. The van der Waals surface area contributed by atoms with Crippen LogP contribution in [0.25, 0.3) is 0 Å². The minimum Gasteiger partial charge on any atom is -0.355 e. The molecule has 0 aromatic rings. The molecule has 0 fully saturated rings. The SMILES string of the molecule is CC1=C/C=C\C(NC2=C/C=C\C(C)=C/C=C\2C)=C/C=C\1. The number of rotatable bonds is 2. The summed E-state index contributed by atoms with van der Waals surface area (Å²) in [6, 6.07) is 0. The van der Waals surface area contributed by atoms with E-state index in [0.717, 1.165) is 11.4 Å². The Morgan fingerprint density at radius 2 is 1.30 bits per heavy atom. The van der Waals surface area contributed by atoms with Crippen LogP contribution in [0.4, 0.5) is 0 Å². The summed E-state index contributed by atoms with van der Waals surface area (Å²) >= 11 is 0. The van der Waals surface area contributed by atoms with Gasteiger partial charge in [-0.15, -0.1) is 0 Å². The lowest BCUT2D eigenvalue weighted by Gasteiger charge is -2.13. The minimum absolute atomic E-state index is 1.08. The summed E-state index contributed by atoms with van der Waals surface area (Å²) in [4.78, 5) is 0. The van der Waals surface area contributed by atoms with Crippen molar-refractivity contribution in [1.29, 1.82) is 0 Å². The number of nitrogens with one attached hydrogen (secondary N) is 1. The standard InChI is InChI=1S/C19H21N/c1-15-7-4-10-18(11-5-8-15)20-19-12-6-9-16(2)13-14-17(19)3/h4-14,20H,1-3H3/b7-4-,8-5?,9-6-,10-4?,11-5-,12-6?,14-13?,15-7?,15-8-,16-9?,16-13-,17-14-,18-10+,18-11?,19-12+,19-17?. The Morgan fingerprint density at radius 3 is 2.10 bits per heavy atom. The number of allylic oxidation sites excluding steroid dienone is 14. The van der Waals surface area contributed by atoms with Gasteiger partial charge in [0.05, 0.1) is 0 Å². The summed E-state index contributed by atoms with van der Waals surface area (Å²) in [5.41, 5.74) is 5.93. The van der Waals surface area contributed by atoms with E-state index >= 15 is 0 Å². The molecule has 0 unspecified atom stereocenters. The molecular formula is C19H21N. The van der Waals surface area contributed by atoms with Gasteiger partial charge in [-0.3, -0.25) is 0 Å². The Labute approximate surface area is 121 Å². The molecule has 0 amide bonds. The second-order valence-electron chi connectivity index (χ2n) is 5.08. The van der Waals surface area contributed by atoms with Crippen molar-refractivity contribution in [3.05, 3.63) is 94.9 Å². The molecule has 1 nitrogen and oxygen atoms in total. The molecule has 102 valence electrons. The molecule has 0 aromatic carbocycles. The van der Waals surface area contributed by atoms with E-state index in [4.69, 9.17) is 0 Å². The van der Waals surface area contributed by atoms with Gasteiger partial charge in [-0.25, -0.2) is 0 Å². The zero-order valence-corrected chi connectivity index (χ0v) is 12.4. The first-order valence-corrected chi connectivity index (χ1v) is 6.89. The van der Waals surface area contributed by atoms with Crippen LogP contribution in [0.15, 0.2) is 94.9 Å². The smallest absolute Gasteiger partial charge is 0.0413 e. The van der Waals surface area contributed by atoms with Gasteiger partial charge in [-0.2, -0.15) is 0 Å². The molecule has 0 spiro atoms. The average molecular weight is 263 g/mol. The third-order valence-corrected chi connectivity index (χ3v) is 3.19. The van der Waals surface area contributed by atoms with Crippen LogP contribution in [0.1, 0.15) is 20.8 Å². The lowest BCUT2D eigenvalue weighted by atomic mass is 10.1. The molecule has 0 atom stereocenters. The molecule has 0 aromatic heterocycles. The molecule has 1 heteroatoms. The van der Waals surface area contributed by atoms with Crippen LogP contribution in [0.5, 0.6) is 0 Å². The third-order valence-electron chi connectivity index (χ3n) is 3.19. The highest BCUT2D eigenvalue weighted by Gasteiger charge is 2.01. The van der Waals surface area contributed by atoms with Gasteiger partial charge in [0, 0.05) is 11.4 Å². The van der Waals surface area contributed by atoms with Crippen molar-refractivity contribution >= 4 is 0 Å². The summed E-state index contributed by atoms with van der Waals surface area (Å²) < 4.78 is 0. The van der Waals surface area contributed by atoms with Gasteiger partial charge in [0.2, 0.25) is 0 Å². The predicted molar refractivity (Wildman–Crippen MR) is 88.0 cm³/mol. The van der Waals surface area contributed by atoms with Gasteiger partial charge in [-0.05, 0) is 44.6 Å². The van der Waals surface area contributed by atoms with Crippen LogP contribution >= 0.6 is 0 Å². The van der Waals surface area contributed by atoms with E-state index in [0.29, 0.717) is 0 Å². The molecule has 0 radical (unpaired) electrons. The Balaban J connectivity index is 2.18. The van der Waals surface area contributed by atoms with E-state index in [9.17, 15) is 0 Å². The van der Waals surface area contributed by atoms with E-state index in [2.05, 4.69) is 92.9 Å². The molecule has 1 N–H and O–H groups in total. The fraction of sp³-hybridized carbons (Fsp3) is 0.158. The van der Waals surface area contributed by atoms with Gasteiger partial charge in [0.1, 0.15) is 0 Å². The van der Waals surface area contributed by atoms with Crippen LogP contribution in [-0.2, 0) is 0 Å². The van der Waals surface area contributed by atoms with E-state index in [1.54, 1.807) is 0 Å². The monoisotopic (exact) mass is 263 g/mol. The van der Waals surface area contributed by atoms with Crippen molar-refractivity contribution in [2.75, 3.05) is 0 Å². The molecule has 0 saturated heterocycles. The van der Waals surface area contributed by atoms with Gasteiger partial charge < -0.3 is 5.32 Å². The minimum atomic E-state index is 1.08. The van der Waals surface area contributed by atoms with Crippen LogP contribution in [0, 0.1) is 0 Å². The van der Waals surface area contributed by atoms with Crippen molar-refractivity contribution in [1.82, 2.24) is 5.32 Å². The second kappa shape index (κ2) is 6.76. The van der Waals surface area contributed by atoms with Crippen LogP contribution in [0.3, 0.4) is 0 Å². The molecule has 0 saturated carbocycles. The zero-order chi connectivity index (χ0) is 14.4. The molecule has 0 bridgehead atoms. The van der Waals surface area contributed by atoms with Gasteiger partial charge >= 0.3 is 0 Å². The van der Waals surface area contributed by atoms with E-state index in [1.807, 2.05) is 0 Å². The van der Waals surface area contributed by atoms with Crippen LogP contribution < -0.4 is 5.32 Å².